The number of nitrogens with one attached hydrogen (secondary N) is 1. The molecule has 1 aliphatic rings. The lowest BCUT2D eigenvalue weighted by atomic mass is 10.2. The molecule has 2 aromatic rings. The molecule has 0 saturated carbocycles. The van der Waals surface area contributed by atoms with Gasteiger partial charge in [0.25, 0.3) is 0 Å². The van der Waals surface area contributed by atoms with E-state index in [1.54, 1.807) is 18.2 Å². The van der Waals surface area contributed by atoms with Gasteiger partial charge in [-0.05, 0) is 36.4 Å². The van der Waals surface area contributed by atoms with E-state index in [1.807, 2.05) is 0 Å². The zero-order valence-corrected chi connectivity index (χ0v) is 11.4. The van der Waals surface area contributed by atoms with Crippen molar-refractivity contribution in [1.82, 2.24) is 0 Å². The van der Waals surface area contributed by atoms with Gasteiger partial charge in [-0.25, -0.2) is 9.69 Å². The van der Waals surface area contributed by atoms with Gasteiger partial charge in [-0.15, -0.1) is 0 Å². The van der Waals surface area contributed by atoms with Crippen molar-refractivity contribution in [2.45, 2.75) is 0 Å². The first-order valence-corrected chi connectivity index (χ1v) is 6.41. The molecule has 3 rings (SSSR count). The number of imide groups is 1. The first-order valence-electron chi connectivity index (χ1n) is 6.41. The van der Waals surface area contributed by atoms with Crippen molar-refractivity contribution in [2.75, 3.05) is 17.0 Å². The molecule has 0 fully saturated rings. The van der Waals surface area contributed by atoms with Crippen molar-refractivity contribution in [3.8, 4) is 17.2 Å². The normalized spacial score (nSPS) is 11.8. The first kappa shape index (κ1) is 13.7. The number of ether oxygens (including phenoxy) is 2. The monoisotopic (exact) mass is 300 g/mol. The third-order valence-corrected chi connectivity index (χ3v) is 3.08. The van der Waals surface area contributed by atoms with Gasteiger partial charge in [0.2, 0.25) is 13.2 Å². The fourth-order valence-electron chi connectivity index (χ4n) is 2.00. The molecule has 0 unspecified atom stereocenters. The van der Waals surface area contributed by atoms with Crippen LogP contribution in [0.2, 0.25) is 0 Å². The Balaban J connectivity index is 1.77. The largest absolute Gasteiger partial charge is 0.508 e. The van der Waals surface area contributed by atoms with Crippen LogP contribution in [0.25, 0.3) is 0 Å². The highest BCUT2D eigenvalue weighted by Crippen LogP contribution is 2.34. The molecule has 0 radical (unpaired) electrons. The maximum atomic E-state index is 12.2. The van der Waals surface area contributed by atoms with Gasteiger partial charge in [0, 0.05) is 11.8 Å². The van der Waals surface area contributed by atoms with Crippen molar-refractivity contribution in [3.05, 3.63) is 42.5 Å². The molecule has 0 atom stereocenters. The fourth-order valence-corrected chi connectivity index (χ4v) is 2.00. The minimum atomic E-state index is -0.625. The van der Waals surface area contributed by atoms with Crippen LogP contribution in [0.5, 0.6) is 17.2 Å². The average molecular weight is 300 g/mol. The summed E-state index contributed by atoms with van der Waals surface area (Å²) in [5, 5.41) is 11.8. The average Bonchev–Trinajstić information content (AvgIpc) is 2.97. The van der Waals surface area contributed by atoms with Gasteiger partial charge in [0.05, 0.1) is 5.69 Å². The van der Waals surface area contributed by atoms with E-state index < -0.39 is 6.03 Å². The second-order valence-corrected chi connectivity index (χ2v) is 4.49. The lowest BCUT2D eigenvalue weighted by Gasteiger charge is -2.16. The molecule has 112 valence electrons. The number of fused-ring (bicyclic) bond motifs is 1. The molecule has 1 aliphatic heterocycles. The predicted octanol–water partition coefficient (Wildman–Crippen LogP) is 2.32. The molecule has 3 amide bonds. The number of nitrogens with zero attached hydrogens (tertiary/aromatic N) is 1. The molecule has 0 bridgehead atoms. The van der Waals surface area contributed by atoms with Crippen LogP contribution in [0.4, 0.5) is 16.2 Å². The molecule has 2 aromatic carbocycles. The van der Waals surface area contributed by atoms with Crippen LogP contribution in [0.1, 0.15) is 0 Å². The van der Waals surface area contributed by atoms with Crippen LogP contribution in [0.15, 0.2) is 42.5 Å². The number of hydrogen-bond acceptors (Lipinski definition) is 5. The Morgan fingerprint density at radius 3 is 2.59 bits per heavy atom. The number of hydrogen-bond donors (Lipinski definition) is 2. The number of anilines is 2. The van der Waals surface area contributed by atoms with E-state index in [9.17, 15) is 14.7 Å². The van der Waals surface area contributed by atoms with Gasteiger partial charge in [-0.3, -0.25) is 4.79 Å². The topological polar surface area (TPSA) is 88.1 Å². The van der Waals surface area contributed by atoms with Crippen molar-refractivity contribution >= 4 is 23.8 Å². The summed E-state index contributed by atoms with van der Waals surface area (Å²) in [5.74, 6) is 1.18. The minimum Gasteiger partial charge on any atom is -0.508 e. The standard InChI is InChI=1S/C15H12N2O5/c18-8-17(11-2-4-12(19)5-3-11)15(20)16-10-1-6-13-14(7-10)22-9-21-13/h1-8,19H,9H2,(H,16,20). The summed E-state index contributed by atoms with van der Waals surface area (Å²) in [5.41, 5.74) is 0.811. The van der Waals surface area contributed by atoms with Gasteiger partial charge in [-0.2, -0.15) is 0 Å². The number of carbonyl (C=O) groups excluding carboxylic acids is 2. The summed E-state index contributed by atoms with van der Waals surface area (Å²) < 4.78 is 10.4. The summed E-state index contributed by atoms with van der Waals surface area (Å²) >= 11 is 0. The summed E-state index contributed by atoms with van der Waals surface area (Å²) in [7, 11) is 0. The molecule has 22 heavy (non-hydrogen) atoms. The van der Waals surface area contributed by atoms with E-state index in [4.69, 9.17) is 9.47 Å². The Kier molecular flexibility index (Phi) is 3.53. The fraction of sp³-hybridized carbons (Fsp3) is 0.0667. The Hall–Kier alpha value is -3.22. The molecule has 7 heteroatoms. The summed E-state index contributed by atoms with van der Waals surface area (Å²) in [6.07, 6.45) is 0.398. The zero-order chi connectivity index (χ0) is 15.5. The van der Waals surface area contributed by atoms with Crippen molar-refractivity contribution in [1.29, 1.82) is 0 Å². The number of carbonyl (C=O) groups is 2. The number of urea groups is 1. The number of benzene rings is 2. The van der Waals surface area contributed by atoms with Gasteiger partial charge in [-0.1, -0.05) is 0 Å². The van der Waals surface area contributed by atoms with Gasteiger partial charge in [0.1, 0.15) is 5.75 Å². The number of rotatable bonds is 3. The van der Waals surface area contributed by atoms with Crippen LogP contribution >= 0.6 is 0 Å². The van der Waals surface area contributed by atoms with Crippen LogP contribution in [-0.4, -0.2) is 24.3 Å². The van der Waals surface area contributed by atoms with Crippen LogP contribution in [0, 0.1) is 0 Å². The van der Waals surface area contributed by atoms with E-state index in [-0.39, 0.29) is 12.5 Å². The van der Waals surface area contributed by atoms with Gasteiger partial charge in [0.15, 0.2) is 11.5 Å². The molecule has 0 spiro atoms. The van der Waals surface area contributed by atoms with E-state index in [0.717, 1.165) is 4.90 Å². The molecule has 0 aliphatic carbocycles. The molecular formula is C15H12N2O5. The first-order chi connectivity index (χ1) is 10.7. The lowest BCUT2D eigenvalue weighted by Crippen LogP contribution is -2.33. The third kappa shape index (κ3) is 2.64. The molecule has 0 saturated heterocycles. The molecular weight excluding hydrogens is 288 g/mol. The maximum absolute atomic E-state index is 12.2. The molecule has 7 nitrogen and oxygen atoms in total. The van der Waals surface area contributed by atoms with E-state index in [0.29, 0.717) is 29.3 Å². The molecule has 2 N–H and O–H groups in total. The van der Waals surface area contributed by atoms with Crippen molar-refractivity contribution in [3.63, 3.8) is 0 Å². The second kappa shape index (κ2) is 5.65. The number of phenols is 1. The van der Waals surface area contributed by atoms with Crippen molar-refractivity contribution < 1.29 is 24.2 Å². The zero-order valence-electron chi connectivity index (χ0n) is 11.4. The van der Waals surface area contributed by atoms with E-state index in [1.165, 1.54) is 24.3 Å². The van der Waals surface area contributed by atoms with Crippen LogP contribution < -0.4 is 19.7 Å². The van der Waals surface area contributed by atoms with E-state index in [2.05, 4.69) is 5.32 Å². The smallest absolute Gasteiger partial charge is 0.332 e. The number of phenolic OH excluding ortho intramolecular Hbond substituents is 1. The Labute approximate surface area is 125 Å². The molecule has 0 aromatic heterocycles. The summed E-state index contributed by atoms with van der Waals surface area (Å²) in [4.78, 5) is 24.2. The SMILES string of the molecule is O=CN(C(=O)Nc1ccc2c(c1)OCO2)c1ccc(O)cc1. The number of amides is 3. The Morgan fingerprint density at radius 2 is 1.86 bits per heavy atom. The quantitative estimate of drug-likeness (QED) is 0.849. The van der Waals surface area contributed by atoms with Gasteiger partial charge >= 0.3 is 6.03 Å². The second-order valence-electron chi connectivity index (χ2n) is 4.49. The minimum absolute atomic E-state index is 0.0470. The van der Waals surface area contributed by atoms with Crippen molar-refractivity contribution in [2.24, 2.45) is 0 Å². The number of aromatic hydroxyl groups is 1. The van der Waals surface area contributed by atoms with Crippen LogP contribution in [0.3, 0.4) is 0 Å². The van der Waals surface area contributed by atoms with Crippen LogP contribution in [-0.2, 0) is 4.79 Å². The Morgan fingerprint density at radius 1 is 1.14 bits per heavy atom. The predicted molar refractivity (Wildman–Crippen MR) is 78.2 cm³/mol. The third-order valence-electron chi connectivity index (χ3n) is 3.08. The summed E-state index contributed by atoms with van der Waals surface area (Å²) in [6.45, 7) is 0.140. The van der Waals surface area contributed by atoms with Gasteiger partial charge < -0.3 is 19.9 Å². The maximum Gasteiger partial charge on any atom is 0.332 e. The lowest BCUT2D eigenvalue weighted by molar-refractivity contribution is -0.106. The molecule has 1 heterocycles. The summed E-state index contributed by atoms with van der Waals surface area (Å²) in [6, 6.07) is 10.00. The highest BCUT2D eigenvalue weighted by Gasteiger charge is 2.18. The highest BCUT2D eigenvalue weighted by molar-refractivity contribution is 6.12. The van der Waals surface area contributed by atoms with E-state index >= 15 is 0 Å². The highest BCUT2D eigenvalue weighted by atomic mass is 16.7. The Bertz CT molecular complexity index is 714.